The standard InChI is InChI=1S/C18H20ClN3O2S/c1-13(22-8-10-24-11-9-22)6-7-17(23)21-18-20-16(12-25-18)14-4-2-3-5-15(14)19/h2-5,12H,1,6-11H2,(H,20,21,23). The Kier molecular flexibility index (Phi) is 6.07. The number of morpholine rings is 1. The van der Waals surface area contributed by atoms with Crippen LogP contribution < -0.4 is 5.32 Å². The molecule has 7 heteroatoms. The fourth-order valence-corrected chi connectivity index (χ4v) is 3.56. The third kappa shape index (κ3) is 4.81. The van der Waals surface area contributed by atoms with E-state index < -0.39 is 0 Å². The van der Waals surface area contributed by atoms with Gasteiger partial charge < -0.3 is 15.0 Å². The lowest BCUT2D eigenvalue weighted by Gasteiger charge is -2.30. The number of ether oxygens (including phenoxy) is 1. The average Bonchev–Trinajstić information content (AvgIpc) is 3.09. The van der Waals surface area contributed by atoms with E-state index in [4.69, 9.17) is 16.3 Å². The van der Waals surface area contributed by atoms with Crippen molar-refractivity contribution in [3.05, 3.63) is 46.9 Å². The summed E-state index contributed by atoms with van der Waals surface area (Å²) in [5, 5.41) is 5.97. The Bertz CT molecular complexity index is 756. The highest BCUT2D eigenvalue weighted by atomic mass is 35.5. The number of benzene rings is 1. The summed E-state index contributed by atoms with van der Waals surface area (Å²) in [6.07, 6.45) is 1.02. The minimum absolute atomic E-state index is 0.0607. The van der Waals surface area contributed by atoms with Gasteiger partial charge in [0.15, 0.2) is 5.13 Å². The molecule has 0 radical (unpaired) electrons. The molecule has 0 unspecified atom stereocenters. The zero-order valence-electron chi connectivity index (χ0n) is 13.8. The van der Waals surface area contributed by atoms with E-state index in [1.165, 1.54) is 11.3 Å². The summed E-state index contributed by atoms with van der Waals surface area (Å²) in [5.41, 5.74) is 2.61. The maximum absolute atomic E-state index is 12.2. The number of aromatic nitrogens is 1. The number of nitrogens with zero attached hydrogens (tertiary/aromatic N) is 2. The Morgan fingerprint density at radius 2 is 2.08 bits per heavy atom. The molecule has 0 aliphatic carbocycles. The molecule has 1 N–H and O–H groups in total. The quantitative estimate of drug-likeness (QED) is 0.825. The highest BCUT2D eigenvalue weighted by Gasteiger charge is 2.14. The van der Waals surface area contributed by atoms with Gasteiger partial charge in [-0.15, -0.1) is 11.3 Å². The van der Waals surface area contributed by atoms with Crippen molar-refractivity contribution in [3.8, 4) is 11.3 Å². The summed E-state index contributed by atoms with van der Waals surface area (Å²) >= 11 is 7.58. The summed E-state index contributed by atoms with van der Waals surface area (Å²) in [6, 6.07) is 7.53. The lowest BCUT2D eigenvalue weighted by atomic mass is 10.2. The first kappa shape index (κ1) is 17.9. The highest BCUT2D eigenvalue weighted by molar-refractivity contribution is 7.14. The Hall–Kier alpha value is -1.89. The lowest BCUT2D eigenvalue weighted by Crippen LogP contribution is -2.35. The van der Waals surface area contributed by atoms with Crippen LogP contribution in [0.4, 0.5) is 5.13 Å². The van der Waals surface area contributed by atoms with Crippen LogP contribution in [0.5, 0.6) is 0 Å². The molecule has 2 heterocycles. The second-order valence-electron chi connectivity index (χ2n) is 5.73. The van der Waals surface area contributed by atoms with Crippen LogP contribution in [-0.4, -0.2) is 42.1 Å². The summed E-state index contributed by atoms with van der Waals surface area (Å²) in [4.78, 5) is 18.8. The fourth-order valence-electron chi connectivity index (χ4n) is 2.60. The number of anilines is 1. The highest BCUT2D eigenvalue weighted by Crippen LogP contribution is 2.30. The number of hydrogen-bond donors (Lipinski definition) is 1. The number of hydrogen-bond acceptors (Lipinski definition) is 5. The molecular formula is C18H20ClN3O2S. The molecule has 1 saturated heterocycles. The van der Waals surface area contributed by atoms with Crippen LogP contribution in [0.2, 0.25) is 5.02 Å². The molecule has 25 heavy (non-hydrogen) atoms. The first-order valence-electron chi connectivity index (χ1n) is 8.14. The Morgan fingerprint density at radius 3 is 2.84 bits per heavy atom. The maximum atomic E-state index is 12.2. The number of halogens is 1. The van der Waals surface area contributed by atoms with Gasteiger partial charge in [0.05, 0.1) is 18.9 Å². The largest absolute Gasteiger partial charge is 0.378 e. The predicted molar refractivity (Wildman–Crippen MR) is 102 cm³/mol. The van der Waals surface area contributed by atoms with Crippen molar-refractivity contribution in [2.75, 3.05) is 31.6 Å². The molecule has 1 aromatic heterocycles. The average molecular weight is 378 g/mol. The van der Waals surface area contributed by atoms with Crippen LogP contribution in [0.1, 0.15) is 12.8 Å². The SMILES string of the molecule is C=C(CCC(=O)Nc1nc(-c2ccccc2Cl)cs1)N1CCOCC1. The van der Waals surface area contributed by atoms with Gasteiger partial charge in [0, 0.05) is 41.2 Å². The molecule has 0 saturated carbocycles. The number of nitrogens with one attached hydrogen (secondary N) is 1. The molecule has 1 amide bonds. The van der Waals surface area contributed by atoms with E-state index in [0.717, 1.165) is 43.3 Å². The summed E-state index contributed by atoms with van der Waals surface area (Å²) < 4.78 is 5.32. The Labute approximate surface area is 156 Å². The van der Waals surface area contributed by atoms with E-state index in [2.05, 4.69) is 21.8 Å². The monoisotopic (exact) mass is 377 g/mol. The van der Waals surface area contributed by atoms with Gasteiger partial charge in [0.2, 0.25) is 5.91 Å². The summed E-state index contributed by atoms with van der Waals surface area (Å²) in [7, 11) is 0. The van der Waals surface area contributed by atoms with Crippen LogP contribution in [-0.2, 0) is 9.53 Å². The number of allylic oxidation sites excluding steroid dienone is 1. The molecule has 5 nitrogen and oxygen atoms in total. The smallest absolute Gasteiger partial charge is 0.226 e. The van der Waals surface area contributed by atoms with E-state index in [0.29, 0.717) is 23.0 Å². The minimum Gasteiger partial charge on any atom is -0.378 e. The molecule has 0 bridgehead atoms. The predicted octanol–water partition coefficient (Wildman–Crippen LogP) is 4.03. The van der Waals surface area contributed by atoms with Gasteiger partial charge in [0.25, 0.3) is 0 Å². The van der Waals surface area contributed by atoms with E-state index in [-0.39, 0.29) is 5.91 Å². The first-order valence-corrected chi connectivity index (χ1v) is 9.40. The molecule has 1 aliphatic heterocycles. The van der Waals surface area contributed by atoms with Crippen molar-refractivity contribution in [2.24, 2.45) is 0 Å². The number of carbonyl (C=O) groups is 1. The van der Waals surface area contributed by atoms with E-state index in [1.807, 2.05) is 29.6 Å². The van der Waals surface area contributed by atoms with Crippen molar-refractivity contribution >= 4 is 34.0 Å². The Balaban J connectivity index is 1.52. The van der Waals surface area contributed by atoms with Gasteiger partial charge in [-0.05, 0) is 12.5 Å². The first-order chi connectivity index (χ1) is 12.1. The number of thiazole rings is 1. The van der Waals surface area contributed by atoms with E-state index in [1.54, 1.807) is 0 Å². The zero-order chi connectivity index (χ0) is 17.6. The number of carbonyl (C=O) groups excluding carboxylic acids is 1. The second-order valence-corrected chi connectivity index (χ2v) is 7.00. The van der Waals surface area contributed by atoms with Gasteiger partial charge in [-0.2, -0.15) is 0 Å². The van der Waals surface area contributed by atoms with Gasteiger partial charge in [-0.25, -0.2) is 4.98 Å². The molecule has 2 aromatic rings. The van der Waals surface area contributed by atoms with Gasteiger partial charge >= 0.3 is 0 Å². The third-order valence-electron chi connectivity index (χ3n) is 4.00. The summed E-state index contributed by atoms with van der Waals surface area (Å²) in [6.45, 7) is 7.19. The molecule has 0 spiro atoms. The van der Waals surface area contributed by atoms with Crippen LogP contribution >= 0.6 is 22.9 Å². The van der Waals surface area contributed by atoms with E-state index in [9.17, 15) is 4.79 Å². The maximum Gasteiger partial charge on any atom is 0.226 e. The summed E-state index contributed by atoms with van der Waals surface area (Å²) in [5.74, 6) is -0.0607. The molecular weight excluding hydrogens is 358 g/mol. The van der Waals surface area contributed by atoms with E-state index >= 15 is 0 Å². The minimum atomic E-state index is -0.0607. The van der Waals surface area contributed by atoms with Gasteiger partial charge in [-0.3, -0.25) is 4.79 Å². The normalized spacial score (nSPS) is 14.4. The van der Waals surface area contributed by atoms with Gasteiger partial charge in [-0.1, -0.05) is 36.4 Å². The molecule has 1 aliphatic rings. The van der Waals surface area contributed by atoms with Crippen molar-refractivity contribution in [1.82, 2.24) is 9.88 Å². The van der Waals surface area contributed by atoms with Crippen LogP contribution in [0.3, 0.4) is 0 Å². The second kappa shape index (κ2) is 8.47. The third-order valence-corrected chi connectivity index (χ3v) is 5.09. The molecule has 1 aromatic carbocycles. The number of rotatable bonds is 6. The number of amides is 1. The van der Waals surface area contributed by atoms with Crippen LogP contribution in [0.25, 0.3) is 11.3 Å². The molecule has 0 atom stereocenters. The van der Waals surface area contributed by atoms with Crippen molar-refractivity contribution in [2.45, 2.75) is 12.8 Å². The molecule has 3 rings (SSSR count). The van der Waals surface area contributed by atoms with Crippen LogP contribution in [0, 0.1) is 0 Å². The zero-order valence-corrected chi connectivity index (χ0v) is 15.4. The van der Waals surface area contributed by atoms with Crippen molar-refractivity contribution in [1.29, 1.82) is 0 Å². The topological polar surface area (TPSA) is 54.5 Å². The fraction of sp³-hybridized carbons (Fsp3) is 0.333. The molecule has 1 fully saturated rings. The molecule has 132 valence electrons. The lowest BCUT2D eigenvalue weighted by molar-refractivity contribution is -0.116. The van der Waals surface area contributed by atoms with Crippen LogP contribution in [0.15, 0.2) is 41.9 Å². The van der Waals surface area contributed by atoms with Crippen molar-refractivity contribution in [3.63, 3.8) is 0 Å². The van der Waals surface area contributed by atoms with Gasteiger partial charge in [0.1, 0.15) is 0 Å². The Morgan fingerprint density at radius 1 is 1.32 bits per heavy atom. The van der Waals surface area contributed by atoms with Crippen molar-refractivity contribution < 1.29 is 9.53 Å².